The van der Waals surface area contributed by atoms with E-state index in [9.17, 15) is 9.59 Å². The fraction of sp³-hybridized carbons (Fsp3) is 0.238. The molecule has 0 saturated heterocycles. The molecular formula is C21H20N4O2S. The number of hydrogen-bond donors (Lipinski definition) is 0. The Balaban J connectivity index is 1.79. The van der Waals surface area contributed by atoms with E-state index in [1.54, 1.807) is 11.8 Å². The molecule has 0 fully saturated rings. The van der Waals surface area contributed by atoms with E-state index in [4.69, 9.17) is 0 Å². The van der Waals surface area contributed by atoms with Crippen LogP contribution in [0.15, 0.2) is 60.8 Å². The molecule has 0 saturated carbocycles. The lowest BCUT2D eigenvalue weighted by atomic mass is 9.89. The van der Waals surface area contributed by atoms with Gasteiger partial charge in [0.2, 0.25) is 5.91 Å². The van der Waals surface area contributed by atoms with E-state index in [2.05, 4.69) is 8.75 Å². The number of anilines is 2. The molecule has 28 heavy (non-hydrogen) atoms. The van der Waals surface area contributed by atoms with E-state index in [-0.39, 0.29) is 23.9 Å². The van der Waals surface area contributed by atoms with Crippen LogP contribution in [0, 0.1) is 0 Å². The predicted octanol–water partition coefficient (Wildman–Crippen LogP) is 4.07. The molecule has 6 nitrogen and oxygen atoms in total. The predicted molar refractivity (Wildman–Crippen MR) is 110 cm³/mol. The lowest BCUT2D eigenvalue weighted by Gasteiger charge is -2.43. The highest BCUT2D eigenvalue weighted by Gasteiger charge is 2.38. The van der Waals surface area contributed by atoms with Crippen molar-refractivity contribution in [2.75, 3.05) is 9.80 Å². The van der Waals surface area contributed by atoms with Crippen molar-refractivity contribution in [3.05, 3.63) is 72.1 Å². The number of rotatable bonds is 3. The highest BCUT2D eigenvalue weighted by Crippen LogP contribution is 2.42. The quantitative estimate of drug-likeness (QED) is 0.674. The fourth-order valence-corrected chi connectivity index (χ4v) is 4.30. The zero-order valence-corrected chi connectivity index (χ0v) is 16.5. The Bertz CT molecular complexity index is 991. The van der Waals surface area contributed by atoms with Gasteiger partial charge < -0.3 is 9.80 Å². The lowest BCUT2D eigenvalue weighted by molar-refractivity contribution is -0.117. The van der Waals surface area contributed by atoms with Gasteiger partial charge in [0.05, 0.1) is 24.0 Å². The summed E-state index contributed by atoms with van der Waals surface area (Å²) in [5.41, 5.74) is 2.96. The molecule has 1 aromatic heterocycles. The van der Waals surface area contributed by atoms with Gasteiger partial charge in [-0.05, 0) is 37.1 Å². The average molecular weight is 392 g/mol. The summed E-state index contributed by atoms with van der Waals surface area (Å²) in [6.45, 7) is 3.59. The van der Waals surface area contributed by atoms with Crippen molar-refractivity contribution < 1.29 is 9.59 Å². The Kier molecular flexibility index (Phi) is 4.92. The summed E-state index contributed by atoms with van der Waals surface area (Å²) in [4.78, 5) is 29.2. The van der Waals surface area contributed by atoms with E-state index in [1.807, 2.05) is 66.4 Å². The highest BCUT2D eigenvalue weighted by atomic mass is 32.1. The fourth-order valence-electron chi connectivity index (χ4n) is 3.89. The second-order valence-corrected chi connectivity index (χ2v) is 7.41. The number of hydrogen-bond acceptors (Lipinski definition) is 5. The monoisotopic (exact) mass is 392 g/mol. The Morgan fingerprint density at radius 3 is 2.50 bits per heavy atom. The topological polar surface area (TPSA) is 66.4 Å². The van der Waals surface area contributed by atoms with Crippen LogP contribution >= 0.6 is 11.7 Å². The standard InChI is InChI=1S/C21H20N4O2S/c1-14-12-20(25(15(2)26)16-8-4-3-5-9-16)17-10-6-7-11-19(17)24(14)21(27)18-13-22-28-23-18/h3-11,13-14,20H,12H2,1-2H3/t14-,20+/m0/s1. The van der Waals surface area contributed by atoms with E-state index in [1.165, 1.54) is 6.20 Å². The van der Waals surface area contributed by atoms with Crippen LogP contribution in [0.4, 0.5) is 11.4 Å². The molecule has 0 aliphatic carbocycles. The van der Waals surface area contributed by atoms with Crippen LogP contribution in [-0.4, -0.2) is 26.6 Å². The molecule has 2 atom stereocenters. The van der Waals surface area contributed by atoms with Gasteiger partial charge in [-0.25, -0.2) is 0 Å². The van der Waals surface area contributed by atoms with Crippen LogP contribution in [0.3, 0.4) is 0 Å². The lowest BCUT2D eigenvalue weighted by Crippen LogP contribution is -2.47. The summed E-state index contributed by atoms with van der Waals surface area (Å²) in [7, 11) is 0. The minimum absolute atomic E-state index is 0.0262. The third-order valence-corrected chi connectivity index (χ3v) is 5.52. The van der Waals surface area contributed by atoms with Gasteiger partial charge in [-0.3, -0.25) is 9.59 Å². The van der Waals surface area contributed by atoms with Crippen molar-refractivity contribution in [2.24, 2.45) is 0 Å². The van der Waals surface area contributed by atoms with Crippen molar-refractivity contribution in [2.45, 2.75) is 32.4 Å². The van der Waals surface area contributed by atoms with E-state index in [0.717, 1.165) is 28.7 Å². The Morgan fingerprint density at radius 1 is 1.11 bits per heavy atom. The van der Waals surface area contributed by atoms with Gasteiger partial charge in [-0.2, -0.15) is 8.75 Å². The Morgan fingerprint density at radius 2 is 1.82 bits per heavy atom. The number of fused-ring (bicyclic) bond motifs is 1. The summed E-state index contributed by atoms with van der Waals surface area (Å²) >= 11 is 1.02. The van der Waals surface area contributed by atoms with Crippen molar-refractivity contribution in [3.8, 4) is 0 Å². The zero-order chi connectivity index (χ0) is 19.7. The van der Waals surface area contributed by atoms with Crippen LogP contribution in [0.5, 0.6) is 0 Å². The van der Waals surface area contributed by atoms with Gasteiger partial charge in [0.15, 0.2) is 5.69 Å². The number of aromatic nitrogens is 2. The minimum Gasteiger partial charge on any atom is -0.305 e. The average Bonchev–Trinajstić information content (AvgIpc) is 3.23. The van der Waals surface area contributed by atoms with Crippen molar-refractivity contribution >= 4 is 34.9 Å². The van der Waals surface area contributed by atoms with Crippen molar-refractivity contribution in [1.82, 2.24) is 8.75 Å². The van der Waals surface area contributed by atoms with E-state index >= 15 is 0 Å². The van der Waals surface area contributed by atoms with Crippen molar-refractivity contribution in [1.29, 1.82) is 0 Å². The van der Waals surface area contributed by atoms with Gasteiger partial charge in [0.1, 0.15) is 0 Å². The largest absolute Gasteiger partial charge is 0.305 e. The SMILES string of the molecule is CC(=O)N(c1ccccc1)[C@@H]1C[C@H](C)N(C(=O)c2cnsn2)c2ccccc21. The van der Waals surface area contributed by atoms with E-state index in [0.29, 0.717) is 12.1 Å². The smallest absolute Gasteiger partial charge is 0.279 e. The molecule has 0 N–H and O–H groups in total. The van der Waals surface area contributed by atoms with Gasteiger partial charge in [-0.1, -0.05) is 36.4 Å². The molecule has 1 aliphatic rings. The number of para-hydroxylation sites is 2. The molecule has 1 aliphatic heterocycles. The number of carbonyl (C=O) groups is 2. The highest BCUT2D eigenvalue weighted by molar-refractivity contribution is 6.99. The summed E-state index contributed by atoms with van der Waals surface area (Å²) in [6.07, 6.45) is 2.13. The zero-order valence-electron chi connectivity index (χ0n) is 15.6. The number of amides is 2. The third-order valence-electron chi connectivity index (χ3n) is 5.04. The maximum absolute atomic E-state index is 13.1. The molecule has 2 heterocycles. The number of nitrogens with zero attached hydrogens (tertiary/aromatic N) is 4. The summed E-state index contributed by atoms with van der Waals surface area (Å²) in [6, 6.07) is 17.2. The molecule has 4 rings (SSSR count). The van der Waals surface area contributed by atoms with Gasteiger partial charge in [0.25, 0.3) is 5.91 Å². The molecule has 0 radical (unpaired) electrons. The minimum atomic E-state index is -0.166. The first kappa shape index (κ1) is 18.3. The van der Waals surface area contributed by atoms with Gasteiger partial charge in [-0.15, -0.1) is 0 Å². The molecule has 3 aromatic rings. The first-order valence-corrected chi connectivity index (χ1v) is 9.86. The van der Waals surface area contributed by atoms with Crippen LogP contribution in [0.2, 0.25) is 0 Å². The molecule has 0 spiro atoms. The summed E-state index contributed by atoms with van der Waals surface area (Å²) < 4.78 is 8.06. The van der Waals surface area contributed by atoms with Crippen LogP contribution in [-0.2, 0) is 4.79 Å². The molecule has 0 unspecified atom stereocenters. The third kappa shape index (κ3) is 3.18. The van der Waals surface area contributed by atoms with Crippen LogP contribution < -0.4 is 9.80 Å². The first-order valence-electron chi connectivity index (χ1n) is 9.13. The number of benzene rings is 2. The molecule has 2 aromatic carbocycles. The molecule has 0 bridgehead atoms. The van der Waals surface area contributed by atoms with Crippen molar-refractivity contribution in [3.63, 3.8) is 0 Å². The van der Waals surface area contributed by atoms with Crippen LogP contribution in [0.1, 0.15) is 42.4 Å². The molecule has 2 amide bonds. The maximum Gasteiger partial charge on any atom is 0.279 e. The van der Waals surface area contributed by atoms with Gasteiger partial charge >= 0.3 is 0 Å². The molecule has 142 valence electrons. The Labute approximate surface area is 167 Å². The second kappa shape index (κ2) is 7.52. The Hall–Kier alpha value is -3.06. The van der Waals surface area contributed by atoms with E-state index < -0.39 is 0 Å². The summed E-state index contributed by atoms with van der Waals surface area (Å²) in [5, 5.41) is 0. The number of carbonyl (C=O) groups excluding carboxylic acids is 2. The van der Waals surface area contributed by atoms with Gasteiger partial charge in [0, 0.05) is 24.3 Å². The van der Waals surface area contributed by atoms with Crippen LogP contribution in [0.25, 0.3) is 0 Å². The molecular weight excluding hydrogens is 372 g/mol. The second-order valence-electron chi connectivity index (χ2n) is 6.85. The first-order chi connectivity index (χ1) is 13.6. The summed E-state index contributed by atoms with van der Waals surface area (Å²) in [5.74, 6) is -0.192. The normalized spacial score (nSPS) is 18.4. The maximum atomic E-state index is 13.1. The molecule has 7 heteroatoms.